The van der Waals surface area contributed by atoms with Crippen LogP contribution in [0, 0.1) is 0 Å². The molecule has 0 unspecified atom stereocenters. The molecule has 0 aliphatic carbocycles. The van der Waals surface area contributed by atoms with Gasteiger partial charge in [0.15, 0.2) is 0 Å². The minimum atomic E-state index is 0.0442. The van der Waals surface area contributed by atoms with Crippen molar-refractivity contribution in [3.05, 3.63) is 66.5 Å². The minimum Gasteiger partial charge on any atom is -0.497 e. The molecule has 1 atom stereocenters. The summed E-state index contributed by atoms with van der Waals surface area (Å²) in [7, 11) is 3.75. The Morgan fingerprint density at radius 3 is 2.69 bits per heavy atom. The summed E-state index contributed by atoms with van der Waals surface area (Å²) >= 11 is 0. The minimum absolute atomic E-state index is 0.0442. The number of benzene rings is 2. The van der Waals surface area contributed by atoms with Gasteiger partial charge in [-0.25, -0.2) is 0 Å². The third kappa shape index (κ3) is 4.96. The van der Waals surface area contributed by atoms with Gasteiger partial charge >= 0.3 is 0 Å². The highest BCUT2D eigenvalue weighted by Crippen LogP contribution is 2.36. The molecule has 2 heterocycles. The van der Waals surface area contributed by atoms with Crippen LogP contribution in [-0.4, -0.2) is 48.3 Å². The van der Waals surface area contributed by atoms with Gasteiger partial charge < -0.3 is 14.5 Å². The Bertz CT molecular complexity index is 1000. The van der Waals surface area contributed by atoms with Crippen molar-refractivity contribution in [1.82, 2.24) is 15.1 Å². The standard InChI is InChI=1S/C26H32N4O2/c1-29(21-9-4-3-5-10-21)17-8-12-25(31)30-18-7-6-11-24(30)26-23(19-27-28-26)20-13-15-22(32-2)16-14-20/h3-5,9-10,13-16,19,24H,6-8,11-12,17-18H2,1-2H3,(H,27,28)/t24-/m1/s1. The number of carbonyl (C=O) groups excluding carboxylic acids is 1. The fourth-order valence-corrected chi connectivity index (χ4v) is 4.50. The van der Waals surface area contributed by atoms with Crippen molar-refractivity contribution in [2.45, 2.75) is 38.1 Å². The summed E-state index contributed by atoms with van der Waals surface area (Å²) in [4.78, 5) is 17.5. The van der Waals surface area contributed by atoms with E-state index in [9.17, 15) is 4.79 Å². The number of anilines is 1. The Kier molecular flexibility index (Phi) is 7.10. The van der Waals surface area contributed by atoms with Gasteiger partial charge in [0.2, 0.25) is 5.91 Å². The normalized spacial score (nSPS) is 16.1. The lowest BCUT2D eigenvalue weighted by Crippen LogP contribution is -2.39. The fourth-order valence-electron chi connectivity index (χ4n) is 4.50. The number of nitrogens with zero attached hydrogens (tertiary/aromatic N) is 3. The first-order valence-corrected chi connectivity index (χ1v) is 11.4. The van der Waals surface area contributed by atoms with Gasteiger partial charge in [0.05, 0.1) is 25.0 Å². The zero-order chi connectivity index (χ0) is 22.3. The molecular weight excluding hydrogens is 400 g/mol. The van der Waals surface area contributed by atoms with Crippen molar-refractivity contribution in [1.29, 1.82) is 0 Å². The lowest BCUT2D eigenvalue weighted by atomic mass is 9.94. The molecular formula is C26H32N4O2. The first-order chi connectivity index (χ1) is 15.7. The second-order valence-corrected chi connectivity index (χ2v) is 8.39. The van der Waals surface area contributed by atoms with Crippen LogP contribution in [0.25, 0.3) is 11.1 Å². The SMILES string of the molecule is COc1ccc(-c2cn[nH]c2[C@H]2CCCCN2C(=O)CCCN(C)c2ccccc2)cc1. The number of para-hydroxylation sites is 1. The third-order valence-electron chi connectivity index (χ3n) is 6.31. The molecule has 168 valence electrons. The zero-order valence-corrected chi connectivity index (χ0v) is 19.0. The van der Waals surface area contributed by atoms with Crippen LogP contribution >= 0.6 is 0 Å². The number of likely N-dealkylation sites (tertiary alicyclic amines) is 1. The average Bonchev–Trinajstić information content (AvgIpc) is 3.34. The molecule has 1 saturated heterocycles. The van der Waals surface area contributed by atoms with Gasteiger partial charge in [-0.15, -0.1) is 0 Å². The van der Waals surface area contributed by atoms with Crippen LogP contribution in [0.2, 0.25) is 0 Å². The van der Waals surface area contributed by atoms with Gasteiger partial charge in [-0.3, -0.25) is 9.89 Å². The van der Waals surface area contributed by atoms with Crippen LogP contribution in [0.3, 0.4) is 0 Å². The van der Waals surface area contributed by atoms with Crippen molar-refractivity contribution in [2.75, 3.05) is 32.1 Å². The molecule has 0 spiro atoms. The van der Waals surface area contributed by atoms with E-state index in [1.807, 2.05) is 48.7 Å². The summed E-state index contributed by atoms with van der Waals surface area (Å²) in [5, 5.41) is 7.53. The highest BCUT2D eigenvalue weighted by Gasteiger charge is 2.30. The van der Waals surface area contributed by atoms with E-state index in [2.05, 4.69) is 39.2 Å². The lowest BCUT2D eigenvalue weighted by molar-refractivity contribution is -0.135. The Labute approximate surface area is 190 Å². The molecule has 1 aliphatic heterocycles. The monoisotopic (exact) mass is 432 g/mol. The van der Waals surface area contributed by atoms with E-state index < -0.39 is 0 Å². The van der Waals surface area contributed by atoms with E-state index in [0.717, 1.165) is 61.3 Å². The van der Waals surface area contributed by atoms with E-state index in [4.69, 9.17) is 4.74 Å². The van der Waals surface area contributed by atoms with Crippen molar-refractivity contribution in [3.8, 4) is 16.9 Å². The largest absolute Gasteiger partial charge is 0.497 e. The Morgan fingerprint density at radius 2 is 1.94 bits per heavy atom. The summed E-state index contributed by atoms with van der Waals surface area (Å²) in [5.41, 5.74) is 4.35. The molecule has 1 amide bonds. The molecule has 1 fully saturated rings. The summed E-state index contributed by atoms with van der Waals surface area (Å²) < 4.78 is 5.28. The van der Waals surface area contributed by atoms with Crippen LogP contribution < -0.4 is 9.64 Å². The highest BCUT2D eigenvalue weighted by molar-refractivity contribution is 5.77. The lowest BCUT2D eigenvalue weighted by Gasteiger charge is -2.36. The maximum Gasteiger partial charge on any atom is 0.223 e. The smallest absolute Gasteiger partial charge is 0.223 e. The van der Waals surface area contributed by atoms with Crippen molar-refractivity contribution in [3.63, 3.8) is 0 Å². The molecule has 3 aromatic rings. The number of aromatic nitrogens is 2. The van der Waals surface area contributed by atoms with Crippen molar-refractivity contribution < 1.29 is 9.53 Å². The molecule has 0 bridgehead atoms. The van der Waals surface area contributed by atoms with Gasteiger partial charge in [-0.05, 0) is 55.5 Å². The quantitative estimate of drug-likeness (QED) is 0.541. The van der Waals surface area contributed by atoms with Crippen LogP contribution in [0.15, 0.2) is 60.8 Å². The molecule has 0 radical (unpaired) electrons. The number of piperidine rings is 1. The van der Waals surface area contributed by atoms with Gasteiger partial charge in [-0.1, -0.05) is 30.3 Å². The van der Waals surface area contributed by atoms with E-state index in [1.54, 1.807) is 7.11 Å². The summed E-state index contributed by atoms with van der Waals surface area (Å²) in [6.07, 6.45) is 6.39. The van der Waals surface area contributed by atoms with E-state index >= 15 is 0 Å². The first-order valence-electron chi connectivity index (χ1n) is 11.4. The fraction of sp³-hybridized carbons (Fsp3) is 0.385. The van der Waals surface area contributed by atoms with Gasteiger partial charge in [0, 0.05) is 37.8 Å². The predicted octanol–water partition coefficient (Wildman–Crippen LogP) is 5.06. The Morgan fingerprint density at radius 1 is 1.16 bits per heavy atom. The third-order valence-corrected chi connectivity index (χ3v) is 6.31. The Hall–Kier alpha value is -3.28. The number of nitrogens with one attached hydrogen (secondary N) is 1. The van der Waals surface area contributed by atoms with E-state index in [-0.39, 0.29) is 11.9 Å². The first kappa shape index (κ1) is 21.9. The second-order valence-electron chi connectivity index (χ2n) is 8.39. The highest BCUT2D eigenvalue weighted by atomic mass is 16.5. The van der Waals surface area contributed by atoms with Crippen LogP contribution in [-0.2, 0) is 4.79 Å². The topological polar surface area (TPSA) is 61.5 Å². The maximum absolute atomic E-state index is 13.2. The number of H-pyrrole nitrogens is 1. The van der Waals surface area contributed by atoms with Gasteiger partial charge in [0.1, 0.15) is 5.75 Å². The van der Waals surface area contributed by atoms with E-state index in [0.29, 0.717) is 6.42 Å². The van der Waals surface area contributed by atoms with Crippen LogP contribution in [0.4, 0.5) is 5.69 Å². The number of hydrogen-bond donors (Lipinski definition) is 1. The second kappa shape index (κ2) is 10.4. The van der Waals surface area contributed by atoms with Crippen molar-refractivity contribution in [2.24, 2.45) is 0 Å². The number of aromatic amines is 1. The van der Waals surface area contributed by atoms with Gasteiger partial charge in [-0.2, -0.15) is 5.10 Å². The molecule has 1 aromatic heterocycles. The molecule has 2 aromatic carbocycles. The number of rotatable bonds is 8. The molecule has 4 rings (SSSR count). The number of ether oxygens (including phenoxy) is 1. The predicted molar refractivity (Wildman–Crippen MR) is 128 cm³/mol. The van der Waals surface area contributed by atoms with Crippen LogP contribution in [0.1, 0.15) is 43.8 Å². The number of hydrogen-bond acceptors (Lipinski definition) is 4. The van der Waals surface area contributed by atoms with Crippen LogP contribution in [0.5, 0.6) is 5.75 Å². The zero-order valence-electron chi connectivity index (χ0n) is 19.0. The van der Waals surface area contributed by atoms with Gasteiger partial charge in [0.25, 0.3) is 0 Å². The summed E-state index contributed by atoms with van der Waals surface area (Å²) in [6, 6.07) is 18.3. The van der Waals surface area contributed by atoms with Crippen molar-refractivity contribution >= 4 is 11.6 Å². The average molecular weight is 433 g/mol. The number of methoxy groups -OCH3 is 1. The maximum atomic E-state index is 13.2. The summed E-state index contributed by atoms with van der Waals surface area (Å²) in [5.74, 6) is 1.06. The number of amides is 1. The molecule has 0 saturated carbocycles. The molecule has 32 heavy (non-hydrogen) atoms. The number of carbonyl (C=O) groups is 1. The Balaban J connectivity index is 1.43. The molecule has 6 heteroatoms. The molecule has 1 N–H and O–H groups in total. The molecule has 6 nitrogen and oxygen atoms in total. The summed E-state index contributed by atoms with van der Waals surface area (Å²) in [6.45, 7) is 1.66. The molecule has 1 aliphatic rings. The van der Waals surface area contributed by atoms with E-state index in [1.165, 1.54) is 5.69 Å².